The van der Waals surface area contributed by atoms with Crippen molar-refractivity contribution in [1.29, 1.82) is 0 Å². The number of aromatic nitrogens is 3. The van der Waals surface area contributed by atoms with E-state index in [2.05, 4.69) is 10.1 Å². The molecular weight excluding hydrogens is 360 g/mol. The van der Waals surface area contributed by atoms with Gasteiger partial charge in [-0.15, -0.1) is 0 Å². The Morgan fingerprint density at radius 1 is 1.11 bits per heavy atom. The zero-order valence-corrected chi connectivity index (χ0v) is 15.4. The van der Waals surface area contributed by atoms with Crippen LogP contribution in [0, 0.1) is 0 Å². The van der Waals surface area contributed by atoms with Gasteiger partial charge in [-0.1, -0.05) is 23.4 Å². The topological polar surface area (TPSA) is 90.1 Å². The van der Waals surface area contributed by atoms with Gasteiger partial charge in [-0.2, -0.15) is 0 Å². The fraction of sp³-hybridized carbons (Fsp3) is 0.150. The Balaban J connectivity index is 2.12. The van der Waals surface area contributed by atoms with Crippen molar-refractivity contribution in [2.24, 2.45) is 5.16 Å². The van der Waals surface area contributed by atoms with Crippen LogP contribution in [0.25, 0.3) is 22.2 Å². The van der Waals surface area contributed by atoms with Crippen LogP contribution in [0.3, 0.4) is 0 Å². The maximum absolute atomic E-state index is 13.3. The maximum Gasteiger partial charge on any atom is 0.343 e. The van der Waals surface area contributed by atoms with Gasteiger partial charge >= 0.3 is 11.4 Å². The molecule has 0 saturated heterocycles. The molecule has 8 nitrogen and oxygen atoms in total. The van der Waals surface area contributed by atoms with Crippen molar-refractivity contribution >= 4 is 22.8 Å². The number of nitrogens with zero attached hydrogens (tertiary/aromatic N) is 3. The van der Waals surface area contributed by atoms with Crippen molar-refractivity contribution < 1.29 is 9.57 Å². The highest BCUT2D eigenvalue weighted by molar-refractivity contribution is 5.93. The summed E-state index contributed by atoms with van der Waals surface area (Å²) >= 11 is 0. The minimum Gasteiger partial charge on any atom is -0.497 e. The Morgan fingerprint density at radius 2 is 1.89 bits per heavy atom. The minimum atomic E-state index is -0.511. The summed E-state index contributed by atoms with van der Waals surface area (Å²) in [6.07, 6.45) is 1.97. The molecule has 0 saturated carbocycles. The van der Waals surface area contributed by atoms with Gasteiger partial charge in [0.15, 0.2) is 0 Å². The van der Waals surface area contributed by atoms with Crippen molar-refractivity contribution in [3.05, 3.63) is 75.1 Å². The Bertz CT molecular complexity index is 1300. The first-order chi connectivity index (χ1) is 13.7. The summed E-state index contributed by atoms with van der Waals surface area (Å²) in [5, 5.41) is 4.59. The number of hydrogen-bond donors (Lipinski definition) is 1. The van der Waals surface area contributed by atoms with Gasteiger partial charge in [0.2, 0.25) is 0 Å². The minimum absolute atomic E-state index is 0.387. The van der Waals surface area contributed by atoms with E-state index < -0.39 is 11.4 Å². The van der Waals surface area contributed by atoms with E-state index in [9.17, 15) is 9.59 Å². The molecule has 0 aliphatic heterocycles. The van der Waals surface area contributed by atoms with Gasteiger partial charge in [0.1, 0.15) is 18.5 Å². The van der Waals surface area contributed by atoms with Gasteiger partial charge in [0.25, 0.3) is 0 Å². The van der Waals surface area contributed by atoms with Gasteiger partial charge in [0, 0.05) is 29.7 Å². The third-order valence-corrected chi connectivity index (χ3v) is 4.58. The molecule has 0 aliphatic carbocycles. The highest BCUT2D eigenvalue weighted by Crippen LogP contribution is 2.27. The van der Waals surface area contributed by atoms with Gasteiger partial charge in [-0.3, -0.25) is 4.98 Å². The standard InChI is InChI=1S/C20H18N4O4/c1-27-14-8-9-15-16(10-11-21-28-2)18-22-19(25)23(13-6-4-3-5-7-13)20(26)24(18)17(15)12-14/h3-9,11-12H,10H2,1-2H3,(H,22,25)/b21-11+. The summed E-state index contributed by atoms with van der Waals surface area (Å²) < 4.78 is 7.92. The average molecular weight is 378 g/mol. The summed E-state index contributed by atoms with van der Waals surface area (Å²) in [7, 11) is 3.02. The molecule has 2 aromatic carbocycles. The molecule has 1 N–H and O–H groups in total. The number of aromatic amines is 1. The molecule has 8 heteroatoms. The van der Waals surface area contributed by atoms with Gasteiger partial charge in [-0.05, 0) is 24.3 Å². The molecule has 0 unspecified atom stereocenters. The molecule has 0 spiro atoms. The molecule has 4 rings (SSSR count). The second-order valence-electron chi connectivity index (χ2n) is 6.10. The second-order valence-corrected chi connectivity index (χ2v) is 6.10. The Morgan fingerprint density at radius 3 is 2.61 bits per heavy atom. The van der Waals surface area contributed by atoms with Gasteiger partial charge in [-0.25, -0.2) is 18.6 Å². The van der Waals surface area contributed by atoms with E-state index in [0.717, 1.165) is 15.5 Å². The number of methoxy groups -OCH3 is 1. The van der Waals surface area contributed by atoms with E-state index in [1.54, 1.807) is 43.7 Å². The summed E-state index contributed by atoms with van der Waals surface area (Å²) in [6, 6.07) is 14.2. The van der Waals surface area contributed by atoms with E-state index >= 15 is 0 Å². The first-order valence-corrected chi connectivity index (χ1v) is 8.62. The fourth-order valence-electron chi connectivity index (χ4n) is 3.35. The highest BCUT2D eigenvalue weighted by atomic mass is 16.6. The van der Waals surface area contributed by atoms with Gasteiger partial charge in [0.05, 0.1) is 18.3 Å². The van der Waals surface area contributed by atoms with E-state index in [4.69, 9.17) is 9.57 Å². The third-order valence-electron chi connectivity index (χ3n) is 4.58. The molecule has 0 atom stereocenters. The number of para-hydroxylation sites is 1. The van der Waals surface area contributed by atoms with Crippen molar-refractivity contribution in [3.63, 3.8) is 0 Å². The lowest BCUT2D eigenvalue weighted by Crippen LogP contribution is -2.37. The molecule has 0 radical (unpaired) electrons. The SMILES string of the molecule is CO/N=C/Cc1c2ccc(OC)cc2n2c(=O)n(-c3ccccc3)c(=O)[nH]c12. The summed E-state index contributed by atoms with van der Waals surface area (Å²) in [5.74, 6) is 0.612. The van der Waals surface area contributed by atoms with E-state index in [1.807, 2.05) is 18.2 Å². The van der Waals surface area contributed by atoms with Crippen LogP contribution in [-0.4, -0.2) is 34.4 Å². The van der Waals surface area contributed by atoms with Crippen molar-refractivity contribution in [2.75, 3.05) is 14.2 Å². The molecule has 0 bridgehead atoms. The molecule has 28 heavy (non-hydrogen) atoms. The molecule has 4 aromatic rings. The van der Waals surface area contributed by atoms with Crippen LogP contribution in [0.4, 0.5) is 0 Å². The smallest absolute Gasteiger partial charge is 0.343 e. The first-order valence-electron chi connectivity index (χ1n) is 8.62. The molecule has 142 valence electrons. The van der Waals surface area contributed by atoms with Gasteiger partial charge < -0.3 is 9.57 Å². The Labute approximate surface area is 159 Å². The van der Waals surface area contributed by atoms with E-state index in [0.29, 0.717) is 29.0 Å². The normalized spacial score (nSPS) is 11.5. The lowest BCUT2D eigenvalue weighted by atomic mass is 10.1. The van der Waals surface area contributed by atoms with E-state index in [1.165, 1.54) is 11.5 Å². The molecular formula is C20H18N4O4. The zero-order chi connectivity index (χ0) is 19.7. The average Bonchev–Trinajstić information content (AvgIpc) is 3.01. The van der Waals surface area contributed by atoms with Crippen molar-refractivity contribution in [1.82, 2.24) is 14.0 Å². The number of H-pyrrole nitrogens is 1. The molecule has 2 heterocycles. The highest BCUT2D eigenvalue weighted by Gasteiger charge is 2.18. The van der Waals surface area contributed by atoms with Crippen molar-refractivity contribution in [3.8, 4) is 11.4 Å². The summed E-state index contributed by atoms with van der Waals surface area (Å²) in [6.45, 7) is 0. The van der Waals surface area contributed by atoms with Crippen LogP contribution in [-0.2, 0) is 11.3 Å². The predicted molar refractivity (Wildman–Crippen MR) is 107 cm³/mol. The molecule has 0 aliphatic rings. The number of oxime groups is 1. The molecule has 0 amide bonds. The quantitative estimate of drug-likeness (QED) is 0.425. The lowest BCUT2D eigenvalue weighted by Gasteiger charge is -2.06. The van der Waals surface area contributed by atoms with Crippen LogP contribution in [0.15, 0.2) is 63.3 Å². The number of ether oxygens (including phenoxy) is 1. The second kappa shape index (κ2) is 7.07. The lowest BCUT2D eigenvalue weighted by molar-refractivity contribution is 0.215. The van der Waals surface area contributed by atoms with Crippen LogP contribution in [0.1, 0.15) is 5.56 Å². The van der Waals surface area contributed by atoms with E-state index in [-0.39, 0.29) is 0 Å². The fourth-order valence-corrected chi connectivity index (χ4v) is 3.35. The summed E-state index contributed by atoms with van der Waals surface area (Å²) in [4.78, 5) is 33.6. The molecule has 2 aromatic heterocycles. The number of nitrogens with one attached hydrogen (secondary N) is 1. The Kier molecular flexibility index (Phi) is 4.44. The maximum atomic E-state index is 13.3. The zero-order valence-electron chi connectivity index (χ0n) is 15.4. The first kappa shape index (κ1) is 17.6. The Hall–Kier alpha value is -3.81. The largest absolute Gasteiger partial charge is 0.497 e. The molecule has 0 fully saturated rings. The number of benzene rings is 2. The number of fused-ring (bicyclic) bond motifs is 3. The predicted octanol–water partition coefficient (Wildman–Crippen LogP) is 2.11. The number of hydrogen-bond acceptors (Lipinski definition) is 5. The van der Waals surface area contributed by atoms with Crippen LogP contribution >= 0.6 is 0 Å². The van der Waals surface area contributed by atoms with Crippen LogP contribution in [0.5, 0.6) is 5.75 Å². The van der Waals surface area contributed by atoms with Crippen molar-refractivity contribution in [2.45, 2.75) is 6.42 Å². The third kappa shape index (κ3) is 2.75. The van der Waals surface area contributed by atoms with Crippen LogP contribution in [0.2, 0.25) is 0 Å². The number of rotatable bonds is 5. The monoisotopic (exact) mass is 378 g/mol. The van der Waals surface area contributed by atoms with Crippen LogP contribution < -0.4 is 16.1 Å². The summed E-state index contributed by atoms with van der Waals surface area (Å²) in [5.41, 5.74) is 1.35.